The molecule has 0 amide bonds. The molecule has 1 atom stereocenters. The molecule has 4 N–H and O–H groups in total. The minimum Gasteiger partial charge on any atom is -0.409 e. The topological polar surface area (TPSA) is 70.6 Å². The van der Waals surface area contributed by atoms with E-state index in [1.54, 1.807) is 6.07 Å². The van der Waals surface area contributed by atoms with E-state index in [9.17, 15) is 13.2 Å². The van der Waals surface area contributed by atoms with Crippen molar-refractivity contribution in [3.05, 3.63) is 20.8 Å². The van der Waals surface area contributed by atoms with Gasteiger partial charge in [-0.2, -0.15) is 13.2 Å². The number of thiophene rings is 1. The maximum Gasteiger partial charge on any atom is 0.400 e. The smallest absolute Gasteiger partial charge is 0.400 e. The van der Waals surface area contributed by atoms with Crippen LogP contribution in [0.15, 0.2) is 21.1 Å². The molecule has 1 aromatic heterocycles. The summed E-state index contributed by atoms with van der Waals surface area (Å²) in [4.78, 5) is 0.891. The SMILES string of the molecule is N/C(=N/O)C(CNCc1ccc(Br)s1)C(F)(F)F. The molecule has 0 saturated heterocycles. The fourth-order valence-electron chi connectivity index (χ4n) is 1.24. The Hall–Kier alpha value is -0.800. The standard InChI is InChI=1S/C9H11BrF3N3OS/c10-7-2-1-5(18-7)3-15-4-6(8(14)16-17)9(11,12)13/h1-2,6,15,17H,3-4H2,(H2,14,16). The number of alkyl halides is 3. The van der Waals surface area contributed by atoms with Crippen molar-refractivity contribution in [3.8, 4) is 0 Å². The lowest BCUT2D eigenvalue weighted by Gasteiger charge is -2.19. The fourth-order valence-corrected chi connectivity index (χ4v) is 2.70. The molecule has 0 aliphatic carbocycles. The summed E-state index contributed by atoms with van der Waals surface area (Å²) < 4.78 is 38.6. The molecule has 4 nitrogen and oxygen atoms in total. The maximum absolute atomic E-state index is 12.6. The molecular weight excluding hydrogens is 335 g/mol. The third kappa shape index (κ3) is 4.46. The van der Waals surface area contributed by atoms with E-state index in [1.165, 1.54) is 11.3 Å². The minimum atomic E-state index is -4.54. The first kappa shape index (κ1) is 15.3. The largest absolute Gasteiger partial charge is 0.409 e. The number of rotatable bonds is 5. The van der Waals surface area contributed by atoms with Gasteiger partial charge in [0, 0.05) is 18.0 Å². The highest BCUT2D eigenvalue weighted by molar-refractivity contribution is 9.11. The van der Waals surface area contributed by atoms with Crippen molar-refractivity contribution in [2.75, 3.05) is 6.54 Å². The van der Waals surface area contributed by atoms with Gasteiger partial charge in [-0.25, -0.2) is 0 Å². The second-order valence-electron chi connectivity index (χ2n) is 3.46. The van der Waals surface area contributed by atoms with Gasteiger partial charge < -0.3 is 16.3 Å². The molecule has 0 saturated carbocycles. The Balaban J connectivity index is 2.53. The van der Waals surface area contributed by atoms with E-state index in [-0.39, 0.29) is 0 Å². The van der Waals surface area contributed by atoms with Crippen LogP contribution in [0.2, 0.25) is 0 Å². The molecule has 9 heteroatoms. The van der Waals surface area contributed by atoms with Gasteiger partial charge >= 0.3 is 6.18 Å². The van der Waals surface area contributed by atoms with Gasteiger partial charge in [-0.15, -0.1) is 11.3 Å². The summed E-state index contributed by atoms with van der Waals surface area (Å²) >= 11 is 4.68. The predicted molar refractivity (Wildman–Crippen MR) is 66.7 cm³/mol. The summed E-state index contributed by atoms with van der Waals surface area (Å²) in [5, 5.41) is 13.4. The first-order valence-corrected chi connectivity index (χ1v) is 6.44. The molecular formula is C9H11BrF3N3OS. The lowest BCUT2D eigenvalue weighted by molar-refractivity contribution is -0.154. The van der Waals surface area contributed by atoms with Crippen LogP contribution in [0.25, 0.3) is 0 Å². The van der Waals surface area contributed by atoms with Crippen molar-refractivity contribution in [2.45, 2.75) is 12.7 Å². The quantitative estimate of drug-likeness (QED) is 0.332. The summed E-state index contributed by atoms with van der Waals surface area (Å²) in [5.74, 6) is -2.84. The zero-order valence-corrected chi connectivity index (χ0v) is 11.4. The van der Waals surface area contributed by atoms with Crippen LogP contribution in [0, 0.1) is 5.92 Å². The average Bonchev–Trinajstić information content (AvgIpc) is 2.68. The van der Waals surface area contributed by atoms with E-state index in [2.05, 4.69) is 26.4 Å². The monoisotopic (exact) mass is 345 g/mol. The van der Waals surface area contributed by atoms with Gasteiger partial charge in [-0.1, -0.05) is 5.16 Å². The van der Waals surface area contributed by atoms with E-state index in [0.717, 1.165) is 8.66 Å². The number of hydrogen-bond donors (Lipinski definition) is 3. The van der Waals surface area contributed by atoms with Crippen molar-refractivity contribution >= 4 is 33.1 Å². The number of amidine groups is 1. The first-order valence-electron chi connectivity index (χ1n) is 4.83. The Morgan fingerprint density at radius 2 is 2.22 bits per heavy atom. The normalized spacial score (nSPS) is 14.8. The Bertz CT molecular complexity index is 421. The Morgan fingerprint density at radius 1 is 1.56 bits per heavy atom. The van der Waals surface area contributed by atoms with E-state index >= 15 is 0 Å². The summed E-state index contributed by atoms with van der Waals surface area (Å²) in [6.45, 7) is -0.142. The predicted octanol–water partition coefficient (Wildman–Crippen LogP) is 2.53. The highest BCUT2D eigenvalue weighted by Gasteiger charge is 2.42. The first-order chi connectivity index (χ1) is 8.34. The third-order valence-corrected chi connectivity index (χ3v) is 3.77. The van der Waals surface area contributed by atoms with Gasteiger partial charge in [-0.05, 0) is 28.1 Å². The van der Waals surface area contributed by atoms with Gasteiger partial charge in [-0.3, -0.25) is 0 Å². The summed E-state index contributed by atoms with van der Waals surface area (Å²) in [6.07, 6.45) is -4.54. The van der Waals surface area contributed by atoms with Crippen molar-refractivity contribution < 1.29 is 18.4 Å². The molecule has 0 spiro atoms. The molecule has 102 valence electrons. The summed E-state index contributed by atoms with van der Waals surface area (Å²) in [5.41, 5.74) is 5.02. The number of halogens is 4. The number of hydrogen-bond acceptors (Lipinski definition) is 4. The average molecular weight is 346 g/mol. The molecule has 1 aromatic rings. The van der Waals surface area contributed by atoms with Crippen molar-refractivity contribution in [2.24, 2.45) is 16.8 Å². The molecule has 0 radical (unpaired) electrons. The van der Waals surface area contributed by atoms with Crippen molar-refractivity contribution in [1.82, 2.24) is 5.32 Å². The second-order valence-corrected chi connectivity index (χ2v) is 6.00. The van der Waals surface area contributed by atoms with Crippen LogP contribution in [-0.4, -0.2) is 23.8 Å². The Labute approximate surface area is 114 Å². The van der Waals surface area contributed by atoms with Crippen molar-refractivity contribution in [3.63, 3.8) is 0 Å². The number of nitrogens with zero attached hydrogens (tertiary/aromatic N) is 1. The van der Waals surface area contributed by atoms with Crippen LogP contribution in [0.4, 0.5) is 13.2 Å². The molecule has 0 bridgehead atoms. The van der Waals surface area contributed by atoms with E-state index in [0.29, 0.717) is 6.54 Å². The molecule has 1 unspecified atom stereocenters. The van der Waals surface area contributed by atoms with Crippen LogP contribution in [0.3, 0.4) is 0 Å². The summed E-state index contributed by atoms with van der Waals surface area (Å²) in [7, 11) is 0. The lowest BCUT2D eigenvalue weighted by atomic mass is 10.1. The zero-order valence-electron chi connectivity index (χ0n) is 9.04. The third-order valence-electron chi connectivity index (χ3n) is 2.14. The number of nitrogens with two attached hydrogens (primary N) is 1. The van der Waals surface area contributed by atoms with Gasteiger partial charge in [0.2, 0.25) is 0 Å². The van der Waals surface area contributed by atoms with Gasteiger partial charge in [0.05, 0.1) is 3.79 Å². The van der Waals surface area contributed by atoms with E-state index in [1.807, 2.05) is 6.07 Å². The van der Waals surface area contributed by atoms with E-state index < -0.39 is 24.5 Å². The van der Waals surface area contributed by atoms with E-state index in [4.69, 9.17) is 10.9 Å². The highest BCUT2D eigenvalue weighted by Crippen LogP contribution is 2.26. The highest BCUT2D eigenvalue weighted by atomic mass is 79.9. The number of nitrogens with one attached hydrogen (secondary N) is 1. The molecule has 0 aromatic carbocycles. The summed E-state index contributed by atoms with van der Waals surface area (Å²) in [6, 6.07) is 3.61. The molecule has 18 heavy (non-hydrogen) atoms. The maximum atomic E-state index is 12.6. The van der Waals surface area contributed by atoms with Crippen LogP contribution < -0.4 is 11.1 Å². The Kier molecular flexibility index (Phi) is 5.42. The fraction of sp³-hybridized carbons (Fsp3) is 0.444. The van der Waals surface area contributed by atoms with Gasteiger partial charge in [0.25, 0.3) is 0 Å². The van der Waals surface area contributed by atoms with Gasteiger partial charge in [0.1, 0.15) is 5.92 Å². The molecule has 0 aliphatic rings. The zero-order chi connectivity index (χ0) is 13.8. The van der Waals surface area contributed by atoms with Crippen molar-refractivity contribution in [1.29, 1.82) is 0 Å². The Morgan fingerprint density at radius 3 is 2.67 bits per heavy atom. The van der Waals surface area contributed by atoms with Crippen LogP contribution >= 0.6 is 27.3 Å². The molecule has 0 aliphatic heterocycles. The number of oxime groups is 1. The second kappa shape index (κ2) is 6.39. The lowest BCUT2D eigenvalue weighted by Crippen LogP contribution is -2.42. The minimum absolute atomic E-state index is 0.293. The van der Waals surface area contributed by atoms with Crippen LogP contribution in [-0.2, 0) is 6.54 Å². The molecule has 1 rings (SSSR count). The van der Waals surface area contributed by atoms with Gasteiger partial charge in [0.15, 0.2) is 5.84 Å². The molecule has 1 heterocycles. The van der Waals surface area contributed by atoms with Crippen LogP contribution in [0.5, 0.6) is 0 Å². The van der Waals surface area contributed by atoms with Crippen LogP contribution in [0.1, 0.15) is 4.88 Å². The molecule has 0 fully saturated rings.